The van der Waals surface area contributed by atoms with Crippen LogP contribution in [-0.2, 0) is 0 Å². The van der Waals surface area contributed by atoms with E-state index in [1.54, 1.807) is 26.0 Å². The zero-order valence-electron chi connectivity index (χ0n) is 7.77. The van der Waals surface area contributed by atoms with Crippen molar-refractivity contribution >= 4 is 28.8 Å². The molecular formula is C9H8N2O2S. The van der Waals surface area contributed by atoms with Crippen LogP contribution in [0.25, 0.3) is 0 Å². The minimum Gasteiger partial charge on any atom is -0.258 e. The van der Waals surface area contributed by atoms with E-state index in [0.717, 1.165) is 0 Å². The van der Waals surface area contributed by atoms with Crippen molar-refractivity contribution in [2.24, 2.45) is 4.99 Å². The molecule has 0 radical (unpaired) electrons. The number of nitro benzene ring substituents is 1. The minimum atomic E-state index is -0.393. The third kappa shape index (κ3) is 2.02. The molecule has 1 aromatic rings. The largest absolute Gasteiger partial charge is 0.275 e. The Morgan fingerprint density at radius 2 is 1.93 bits per heavy atom. The molecule has 0 N–H and O–H groups in total. The predicted octanol–water partition coefficient (Wildman–Crippen LogP) is 2.95. The zero-order chi connectivity index (χ0) is 10.7. The molecule has 0 spiro atoms. The average Bonchev–Trinajstić information content (AvgIpc) is 2.01. The number of aryl methyl sites for hydroxylation is 2. The number of nitrogens with zero attached hydrogens (tertiary/aromatic N) is 2. The van der Waals surface area contributed by atoms with Gasteiger partial charge < -0.3 is 0 Å². The van der Waals surface area contributed by atoms with E-state index in [1.807, 2.05) is 0 Å². The Hall–Kier alpha value is -1.58. The van der Waals surface area contributed by atoms with Crippen LogP contribution in [0.15, 0.2) is 17.1 Å². The standard InChI is InChI=1S/C9H8N2O2S/c1-6-3-8(10-5-14)4-7(2)9(6)11(12)13/h3-4H,1-2H3. The van der Waals surface area contributed by atoms with Crippen molar-refractivity contribution in [3.8, 4) is 0 Å². The molecule has 0 aromatic heterocycles. The molecule has 1 aromatic carbocycles. The van der Waals surface area contributed by atoms with Crippen LogP contribution in [0.5, 0.6) is 0 Å². The second kappa shape index (κ2) is 4.09. The van der Waals surface area contributed by atoms with Crippen molar-refractivity contribution in [3.63, 3.8) is 0 Å². The second-order valence-electron chi connectivity index (χ2n) is 2.89. The molecule has 14 heavy (non-hydrogen) atoms. The molecule has 0 saturated carbocycles. The van der Waals surface area contributed by atoms with Gasteiger partial charge >= 0.3 is 0 Å². The number of rotatable bonds is 2. The fourth-order valence-electron chi connectivity index (χ4n) is 1.34. The highest BCUT2D eigenvalue weighted by molar-refractivity contribution is 7.78. The number of hydrogen-bond donors (Lipinski definition) is 0. The third-order valence-corrected chi connectivity index (χ3v) is 1.92. The Morgan fingerprint density at radius 1 is 1.43 bits per heavy atom. The Labute approximate surface area is 86.4 Å². The van der Waals surface area contributed by atoms with Crippen molar-refractivity contribution in [3.05, 3.63) is 33.4 Å². The summed E-state index contributed by atoms with van der Waals surface area (Å²) in [7, 11) is 0. The summed E-state index contributed by atoms with van der Waals surface area (Å²) in [6.07, 6.45) is 0. The highest BCUT2D eigenvalue weighted by Crippen LogP contribution is 2.27. The summed E-state index contributed by atoms with van der Waals surface area (Å²) in [5, 5.41) is 12.9. The highest BCUT2D eigenvalue weighted by atomic mass is 32.1. The summed E-state index contributed by atoms with van der Waals surface area (Å²) in [5.41, 5.74) is 1.90. The number of benzene rings is 1. The minimum absolute atomic E-state index is 0.133. The van der Waals surface area contributed by atoms with E-state index in [1.165, 1.54) is 0 Å². The Balaban J connectivity index is 3.39. The maximum atomic E-state index is 10.7. The van der Waals surface area contributed by atoms with E-state index in [9.17, 15) is 10.1 Å². The van der Waals surface area contributed by atoms with Crippen LogP contribution < -0.4 is 0 Å². The van der Waals surface area contributed by atoms with Gasteiger partial charge in [0, 0.05) is 11.1 Å². The van der Waals surface area contributed by atoms with Gasteiger partial charge in [0.25, 0.3) is 5.69 Å². The lowest BCUT2D eigenvalue weighted by Gasteiger charge is -2.01. The van der Waals surface area contributed by atoms with Crippen LogP contribution in [0.1, 0.15) is 11.1 Å². The molecule has 1 rings (SSSR count). The number of thiocarbonyl (C=S) groups is 1. The van der Waals surface area contributed by atoms with Gasteiger partial charge in [-0.25, -0.2) is 0 Å². The summed E-state index contributed by atoms with van der Waals surface area (Å²) in [4.78, 5) is 14.0. The van der Waals surface area contributed by atoms with Gasteiger partial charge in [-0.05, 0) is 38.2 Å². The van der Waals surface area contributed by atoms with Crippen LogP contribution in [0, 0.1) is 24.0 Å². The second-order valence-corrected chi connectivity index (χ2v) is 3.07. The van der Waals surface area contributed by atoms with Gasteiger partial charge in [0.15, 0.2) is 0 Å². The van der Waals surface area contributed by atoms with Crippen molar-refractivity contribution in [2.45, 2.75) is 13.8 Å². The summed E-state index contributed by atoms with van der Waals surface area (Å²) in [5.74, 6) is 0. The molecule has 4 nitrogen and oxygen atoms in total. The van der Waals surface area contributed by atoms with Gasteiger partial charge in [0.05, 0.1) is 15.8 Å². The first-order valence-electron chi connectivity index (χ1n) is 3.89. The van der Waals surface area contributed by atoms with Gasteiger partial charge in [-0.1, -0.05) is 0 Å². The molecule has 0 aliphatic carbocycles. The molecule has 0 aliphatic heterocycles. The SMILES string of the molecule is Cc1cc(N=C=S)cc(C)c1[N+](=O)[O-]. The van der Waals surface area contributed by atoms with Crippen molar-refractivity contribution in [1.29, 1.82) is 0 Å². The first-order valence-corrected chi connectivity index (χ1v) is 4.30. The van der Waals surface area contributed by atoms with Gasteiger partial charge in [0.1, 0.15) is 0 Å². The number of hydrogen-bond acceptors (Lipinski definition) is 4. The first-order chi connectivity index (χ1) is 6.56. The number of aliphatic imine (C=N–C) groups is 1. The van der Waals surface area contributed by atoms with Crippen LogP contribution in [-0.4, -0.2) is 10.1 Å². The number of isothiocyanates is 1. The molecule has 5 heteroatoms. The molecule has 0 fully saturated rings. The molecule has 0 unspecified atom stereocenters. The van der Waals surface area contributed by atoms with E-state index in [2.05, 4.69) is 22.4 Å². The Kier molecular flexibility index (Phi) is 3.06. The molecule has 0 heterocycles. The fraction of sp³-hybridized carbons (Fsp3) is 0.222. The lowest BCUT2D eigenvalue weighted by atomic mass is 10.1. The van der Waals surface area contributed by atoms with Crippen molar-refractivity contribution in [2.75, 3.05) is 0 Å². The predicted molar refractivity (Wildman–Crippen MR) is 57.3 cm³/mol. The molecule has 0 saturated heterocycles. The highest BCUT2D eigenvalue weighted by Gasteiger charge is 2.14. The normalized spacial score (nSPS) is 9.29. The molecule has 0 amide bonds. The van der Waals surface area contributed by atoms with Crippen LogP contribution in [0.3, 0.4) is 0 Å². The molecule has 0 atom stereocenters. The monoisotopic (exact) mass is 208 g/mol. The van der Waals surface area contributed by atoms with Crippen LogP contribution >= 0.6 is 12.2 Å². The Morgan fingerprint density at radius 3 is 2.29 bits per heavy atom. The summed E-state index contributed by atoms with van der Waals surface area (Å²) < 4.78 is 0. The fourth-order valence-corrected chi connectivity index (χ4v) is 1.44. The third-order valence-electron chi connectivity index (χ3n) is 1.83. The topological polar surface area (TPSA) is 55.5 Å². The molecule has 0 bridgehead atoms. The van der Waals surface area contributed by atoms with E-state index in [-0.39, 0.29) is 5.69 Å². The average molecular weight is 208 g/mol. The van der Waals surface area contributed by atoms with E-state index >= 15 is 0 Å². The molecule has 0 aliphatic rings. The van der Waals surface area contributed by atoms with Crippen molar-refractivity contribution < 1.29 is 4.92 Å². The summed E-state index contributed by atoms with van der Waals surface area (Å²) in [6.45, 7) is 3.35. The number of nitro groups is 1. The van der Waals surface area contributed by atoms with Crippen LogP contribution in [0.2, 0.25) is 0 Å². The van der Waals surface area contributed by atoms with Crippen molar-refractivity contribution in [1.82, 2.24) is 0 Å². The van der Waals surface area contributed by atoms with Gasteiger partial charge in [-0.2, -0.15) is 4.99 Å². The van der Waals surface area contributed by atoms with Gasteiger partial charge in [0.2, 0.25) is 0 Å². The maximum absolute atomic E-state index is 10.7. The molecular weight excluding hydrogens is 200 g/mol. The zero-order valence-corrected chi connectivity index (χ0v) is 8.59. The Bertz CT molecular complexity index is 413. The van der Waals surface area contributed by atoms with Crippen LogP contribution in [0.4, 0.5) is 11.4 Å². The lowest BCUT2D eigenvalue weighted by Crippen LogP contribution is -1.94. The molecule has 72 valence electrons. The smallest absolute Gasteiger partial charge is 0.258 e. The summed E-state index contributed by atoms with van der Waals surface area (Å²) >= 11 is 4.45. The van der Waals surface area contributed by atoms with E-state index in [4.69, 9.17) is 0 Å². The van der Waals surface area contributed by atoms with Gasteiger partial charge in [-0.3, -0.25) is 10.1 Å². The first kappa shape index (κ1) is 10.5. The van der Waals surface area contributed by atoms with Gasteiger partial charge in [-0.15, -0.1) is 0 Å². The van der Waals surface area contributed by atoms with E-state index in [0.29, 0.717) is 16.8 Å². The van der Waals surface area contributed by atoms with E-state index < -0.39 is 4.92 Å². The summed E-state index contributed by atoms with van der Waals surface area (Å²) in [6, 6.07) is 3.23. The lowest BCUT2D eigenvalue weighted by molar-refractivity contribution is -0.386. The quantitative estimate of drug-likeness (QED) is 0.325. The maximum Gasteiger partial charge on any atom is 0.275 e.